The molecule has 1 aromatic carbocycles. The summed E-state index contributed by atoms with van der Waals surface area (Å²) in [5.74, 6) is -1.03. The minimum absolute atomic E-state index is 0.0169. The molecule has 0 saturated carbocycles. The van der Waals surface area contributed by atoms with Crippen LogP contribution in [0.3, 0.4) is 0 Å². The normalized spacial score (nSPS) is 19.5. The van der Waals surface area contributed by atoms with Gasteiger partial charge in [-0.15, -0.1) is 0 Å². The van der Waals surface area contributed by atoms with E-state index in [4.69, 9.17) is 19.9 Å². The van der Waals surface area contributed by atoms with E-state index in [1.807, 2.05) is 6.07 Å². The van der Waals surface area contributed by atoms with Crippen LogP contribution in [0.5, 0.6) is 11.5 Å². The van der Waals surface area contributed by atoms with Gasteiger partial charge in [0.15, 0.2) is 17.3 Å². The molecule has 0 spiro atoms. The van der Waals surface area contributed by atoms with Crippen molar-refractivity contribution in [3.05, 3.63) is 46.6 Å². The van der Waals surface area contributed by atoms with E-state index >= 15 is 0 Å². The van der Waals surface area contributed by atoms with Gasteiger partial charge in [0, 0.05) is 24.0 Å². The summed E-state index contributed by atoms with van der Waals surface area (Å²) < 4.78 is 41.8. The number of Topliss-reactive ketones (excluding diaryl/α,β-unsaturated/α-hetero) is 1. The first kappa shape index (κ1) is 18.7. The molecule has 2 aliphatic rings. The van der Waals surface area contributed by atoms with Crippen molar-refractivity contribution < 1.29 is 27.8 Å². The monoisotopic (exact) mass is 376 g/mol. The molecular weight excluding hydrogens is 358 g/mol. The predicted octanol–water partition coefficient (Wildman–Crippen LogP) is 3.50. The highest BCUT2D eigenvalue weighted by Crippen LogP contribution is 2.48. The summed E-state index contributed by atoms with van der Waals surface area (Å²) in [6, 6.07) is 6.55. The zero-order valence-corrected chi connectivity index (χ0v) is 14.6. The van der Waals surface area contributed by atoms with Crippen LogP contribution >= 0.6 is 0 Å². The first-order valence-electron chi connectivity index (χ1n) is 8.52. The molecule has 0 aromatic heterocycles. The number of para-hydroxylation sites is 1. The van der Waals surface area contributed by atoms with Crippen LogP contribution < -0.4 is 15.2 Å². The number of ether oxygens (including phenoxy) is 3. The van der Waals surface area contributed by atoms with Gasteiger partial charge in [0.25, 0.3) is 0 Å². The number of hydrogen-bond acceptors (Lipinski definition) is 6. The quantitative estimate of drug-likeness (QED) is 0.845. The molecule has 0 radical (unpaired) electrons. The summed E-state index contributed by atoms with van der Waals surface area (Å²) in [5, 5.41) is 9.59. The van der Waals surface area contributed by atoms with Crippen LogP contribution in [0.15, 0.2) is 41.0 Å². The fourth-order valence-corrected chi connectivity index (χ4v) is 3.41. The summed E-state index contributed by atoms with van der Waals surface area (Å²) in [6.07, 6.45) is 1.36. The third kappa shape index (κ3) is 3.45. The van der Waals surface area contributed by atoms with Crippen LogP contribution in [0.1, 0.15) is 37.7 Å². The molecular formula is C19H18F2N2O4. The maximum atomic E-state index is 13.1. The lowest BCUT2D eigenvalue weighted by Gasteiger charge is -2.32. The van der Waals surface area contributed by atoms with Gasteiger partial charge >= 0.3 is 6.61 Å². The topological polar surface area (TPSA) is 94.6 Å². The summed E-state index contributed by atoms with van der Waals surface area (Å²) in [5.41, 5.74) is 6.35. The van der Waals surface area contributed by atoms with Gasteiger partial charge in [0.05, 0.1) is 12.5 Å². The maximum Gasteiger partial charge on any atom is 0.387 e. The predicted molar refractivity (Wildman–Crippen MR) is 90.8 cm³/mol. The van der Waals surface area contributed by atoms with Crippen LogP contribution in [0.2, 0.25) is 0 Å². The largest absolute Gasteiger partial charge is 0.490 e. The summed E-state index contributed by atoms with van der Waals surface area (Å²) in [4.78, 5) is 12.6. The fraction of sp³-hybridized carbons (Fsp3) is 0.368. The average Bonchev–Trinajstić information content (AvgIpc) is 2.62. The molecule has 0 saturated heterocycles. The molecule has 1 aliphatic heterocycles. The number of hydrogen-bond donors (Lipinski definition) is 1. The van der Waals surface area contributed by atoms with Crippen LogP contribution in [-0.4, -0.2) is 19.0 Å². The second-order valence-corrected chi connectivity index (χ2v) is 6.02. The van der Waals surface area contributed by atoms with E-state index in [0.29, 0.717) is 18.6 Å². The first-order chi connectivity index (χ1) is 13.0. The highest BCUT2D eigenvalue weighted by atomic mass is 19.3. The number of carbonyl (C=O) groups excluding carboxylic acids is 1. The third-order valence-corrected chi connectivity index (χ3v) is 4.43. The van der Waals surface area contributed by atoms with E-state index < -0.39 is 12.5 Å². The number of nitriles is 1. The highest BCUT2D eigenvalue weighted by molar-refractivity contribution is 5.99. The van der Waals surface area contributed by atoms with Gasteiger partial charge in [-0.05, 0) is 19.4 Å². The Morgan fingerprint density at radius 3 is 2.85 bits per heavy atom. The number of benzene rings is 1. The van der Waals surface area contributed by atoms with Crippen molar-refractivity contribution in [2.75, 3.05) is 6.61 Å². The number of nitrogens with two attached hydrogens (primary N) is 1. The van der Waals surface area contributed by atoms with E-state index in [-0.39, 0.29) is 52.9 Å². The number of carbonyl (C=O) groups is 1. The molecule has 27 heavy (non-hydrogen) atoms. The van der Waals surface area contributed by atoms with Crippen LogP contribution in [0.25, 0.3) is 0 Å². The zero-order valence-electron chi connectivity index (χ0n) is 14.6. The summed E-state index contributed by atoms with van der Waals surface area (Å²) in [7, 11) is 0. The van der Waals surface area contributed by atoms with E-state index in [0.717, 1.165) is 0 Å². The minimum Gasteiger partial charge on any atom is -0.490 e. The van der Waals surface area contributed by atoms with E-state index in [1.165, 1.54) is 12.1 Å². The van der Waals surface area contributed by atoms with Crippen LogP contribution in [-0.2, 0) is 9.53 Å². The zero-order chi connectivity index (χ0) is 19.6. The highest BCUT2D eigenvalue weighted by Gasteiger charge is 2.40. The number of halogens is 2. The Morgan fingerprint density at radius 2 is 2.19 bits per heavy atom. The van der Waals surface area contributed by atoms with Crippen molar-refractivity contribution >= 4 is 5.78 Å². The van der Waals surface area contributed by atoms with Crippen molar-refractivity contribution in [2.45, 2.75) is 38.7 Å². The molecule has 0 fully saturated rings. The lowest BCUT2D eigenvalue weighted by molar-refractivity contribution is -0.116. The van der Waals surface area contributed by atoms with Gasteiger partial charge < -0.3 is 19.9 Å². The number of nitrogens with zero attached hydrogens (tertiary/aromatic N) is 1. The van der Waals surface area contributed by atoms with E-state index in [1.54, 1.807) is 13.0 Å². The molecule has 142 valence electrons. The van der Waals surface area contributed by atoms with Crippen LogP contribution in [0, 0.1) is 11.3 Å². The van der Waals surface area contributed by atoms with Gasteiger partial charge in [-0.2, -0.15) is 14.0 Å². The Hall–Kier alpha value is -3.08. The molecule has 0 amide bonds. The Bertz CT molecular complexity index is 871. The fourth-order valence-electron chi connectivity index (χ4n) is 3.41. The molecule has 1 aromatic rings. The Kier molecular flexibility index (Phi) is 5.31. The standard InChI is InChI=1S/C19H18F2N2O4/c1-2-25-14-8-3-5-10(17(14)27-19(20)21)15-11(9-22)18(23)26-13-7-4-6-12(24)16(13)15/h3,5,8,15,19H,2,4,6-7,23H2,1H3/t15-/m0/s1. The van der Waals surface area contributed by atoms with Gasteiger partial charge in [-0.3, -0.25) is 4.79 Å². The van der Waals surface area contributed by atoms with E-state index in [2.05, 4.69) is 0 Å². The lowest BCUT2D eigenvalue weighted by Crippen LogP contribution is -2.28. The van der Waals surface area contributed by atoms with Crippen molar-refractivity contribution in [1.82, 2.24) is 0 Å². The maximum absolute atomic E-state index is 13.1. The van der Waals surface area contributed by atoms with E-state index in [9.17, 15) is 18.8 Å². The van der Waals surface area contributed by atoms with Crippen molar-refractivity contribution in [3.8, 4) is 17.6 Å². The lowest BCUT2D eigenvalue weighted by atomic mass is 9.77. The number of allylic oxidation sites excluding steroid dienone is 3. The molecule has 1 aliphatic carbocycles. The number of rotatable bonds is 5. The first-order valence-corrected chi connectivity index (χ1v) is 8.52. The number of alkyl halides is 2. The van der Waals surface area contributed by atoms with Gasteiger partial charge in [-0.25, -0.2) is 0 Å². The Morgan fingerprint density at radius 1 is 1.41 bits per heavy atom. The second-order valence-electron chi connectivity index (χ2n) is 6.02. The number of ketones is 1. The molecule has 0 bridgehead atoms. The second kappa shape index (κ2) is 7.66. The van der Waals surface area contributed by atoms with Gasteiger partial charge in [0.1, 0.15) is 17.4 Å². The average molecular weight is 376 g/mol. The molecule has 8 heteroatoms. The van der Waals surface area contributed by atoms with Gasteiger partial charge in [0.2, 0.25) is 5.88 Å². The van der Waals surface area contributed by atoms with Gasteiger partial charge in [-0.1, -0.05) is 12.1 Å². The Labute approximate surface area is 154 Å². The van der Waals surface area contributed by atoms with Crippen LogP contribution in [0.4, 0.5) is 8.78 Å². The molecule has 6 nitrogen and oxygen atoms in total. The minimum atomic E-state index is -3.10. The summed E-state index contributed by atoms with van der Waals surface area (Å²) in [6.45, 7) is -1.17. The van der Waals surface area contributed by atoms with Crippen molar-refractivity contribution in [3.63, 3.8) is 0 Å². The molecule has 1 atom stereocenters. The van der Waals surface area contributed by atoms with Crippen molar-refractivity contribution in [2.24, 2.45) is 5.73 Å². The molecule has 3 rings (SSSR count). The summed E-state index contributed by atoms with van der Waals surface area (Å²) >= 11 is 0. The van der Waals surface area contributed by atoms with Crippen molar-refractivity contribution in [1.29, 1.82) is 5.26 Å². The third-order valence-electron chi connectivity index (χ3n) is 4.43. The smallest absolute Gasteiger partial charge is 0.387 e. The molecule has 1 heterocycles. The molecule has 0 unspecified atom stereocenters. The Balaban J connectivity index is 2.24. The molecule has 2 N–H and O–H groups in total. The SMILES string of the molecule is CCOc1cccc([C@H]2C(C#N)=C(N)OC3=C2C(=O)CCC3)c1OC(F)F.